The van der Waals surface area contributed by atoms with Gasteiger partial charge in [-0.1, -0.05) is 36.4 Å². The molecule has 12 heteroatoms. The van der Waals surface area contributed by atoms with Crippen LogP contribution in [0.5, 0.6) is 5.75 Å². The predicted octanol–water partition coefficient (Wildman–Crippen LogP) is 3.54. The SMILES string of the molecule is O=C(O)CCNc1cc(N2CCc3ccccc3CC2)nc(-c2cc(OCCNC(=O)c3ccccc3C(=O)O)ccn2)n1. The van der Waals surface area contributed by atoms with E-state index in [1.807, 2.05) is 6.07 Å². The number of hydrogen-bond donors (Lipinski definition) is 4. The number of fused-ring (bicyclic) bond motifs is 1. The standard InChI is InChI=1S/C32H32N6O6/c39-29(40)10-14-34-27-20-28(38-16-11-21-5-1-2-6-22(21)12-17-38)37-30(36-27)26-19-23(9-13-33-26)44-18-15-35-31(41)24-7-3-4-8-25(24)32(42)43/h1-9,13,19-20H,10-12,14-18H2,(H,35,41)(H,39,40)(H,42,43)(H,34,36,37). The molecule has 0 aliphatic carbocycles. The largest absolute Gasteiger partial charge is 0.492 e. The number of aromatic nitrogens is 3. The van der Waals surface area contributed by atoms with Crippen molar-refractivity contribution in [3.8, 4) is 17.3 Å². The highest BCUT2D eigenvalue weighted by atomic mass is 16.5. The highest BCUT2D eigenvalue weighted by molar-refractivity contribution is 6.04. The summed E-state index contributed by atoms with van der Waals surface area (Å²) in [4.78, 5) is 51.1. The van der Waals surface area contributed by atoms with E-state index in [-0.39, 0.29) is 37.2 Å². The Labute approximate surface area is 253 Å². The molecule has 226 valence electrons. The van der Waals surface area contributed by atoms with Crippen LogP contribution in [0.2, 0.25) is 0 Å². The van der Waals surface area contributed by atoms with Crippen LogP contribution in [0, 0.1) is 0 Å². The minimum atomic E-state index is -1.18. The zero-order valence-corrected chi connectivity index (χ0v) is 23.9. The number of pyridine rings is 1. The normalized spacial score (nSPS) is 12.5. The van der Waals surface area contributed by atoms with Crippen molar-refractivity contribution in [2.24, 2.45) is 0 Å². The van der Waals surface area contributed by atoms with E-state index in [4.69, 9.17) is 14.8 Å². The first-order valence-corrected chi connectivity index (χ1v) is 14.2. The molecule has 5 rings (SSSR count). The molecule has 1 aliphatic rings. The summed E-state index contributed by atoms with van der Waals surface area (Å²) < 4.78 is 5.83. The zero-order chi connectivity index (χ0) is 30.9. The molecule has 0 bridgehead atoms. The van der Waals surface area contributed by atoms with Gasteiger partial charge in [-0.3, -0.25) is 14.6 Å². The van der Waals surface area contributed by atoms with Crippen molar-refractivity contribution in [3.63, 3.8) is 0 Å². The molecule has 0 unspecified atom stereocenters. The van der Waals surface area contributed by atoms with Crippen LogP contribution in [0.25, 0.3) is 11.5 Å². The van der Waals surface area contributed by atoms with Crippen molar-refractivity contribution in [1.82, 2.24) is 20.3 Å². The van der Waals surface area contributed by atoms with Gasteiger partial charge in [0, 0.05) is 38.0 Å². The first kappa shape index (κ1) is 30.0. The lowest BCUT2D eigenvalue weighted by Gasteiger charge is -2.22. The number of ether oxygens (including phenoxy) is 1. The molecule has 2 aromatic heterocycles. The van der Waals surface area contributed by atoms with Crippen LogP contribution in [0.15, 0.2) is 72.9 Å². The highest BCUT2D eigenvalue weighted by Gasteiger charge is 2.19. The van der Waals surface area contributed by atoms with Crippen molar-refractivity contribution in [1.29, 1.82) is 0 Å². The van der Waals surface area contributed by atoms with Crippen molar-refractivity contribution in [3.05, 3.63) is 95.2 Å². The van der Waals surface area contributed by atoms with Gasteiger partial charge in [0.1, 0.15) is 29.7 Å². The molecule has 0 radical (unpaired) electrons. The lowest BCUT2D eigenvalue weighted by Crippen LogP contribution is -2.29. The number of hydrogen-bond acceptors (Lipinski definition) is 9. The molecule has 1 amide bonds. The van der Waals surface area contributed by atoms with Crippen molar-refractivity contribution in [2.45, 2.75) is 19.3 Å². The average molecular weight is 597 g/mol. The Hall–Kier alpha value is -5.52. The molecule has 0 atom stereocenters. The molecule has 44 heavy (non-hydrogen) atoms. The van der Waals surface area contributed by atoms with E-state index in [1.54, 1.807) is 30.5 Å². The Kier molecular flexibility index (Phi) is 9.60. The van der Waals surface area contributed by atoms with E-state index in [1.165, 1.54) is 23.3 Å². The first-order valence-electron chi connectivity index (χ1n) is 14.2. The van der Waals surface area contributed by atoms with Crippen LogP contribution in [0.1, 0.15) is 38.3 Å². The Morgan fingerprint density at radius 1 is 0.864 bits per heavy atom. The molecule has 0 saturated heterocycles. The van der Waals surface area contributed by atoms with E-state index in [2.05, 4.69) is 49.8 Å². The smallest absolute Gasteiger partial charge is 0.336 e. The number of nitrogens with zero attached hydrogens (tertiary/aromatic N) is 4. The lowest BCUT2D eigenvalue weighted by atomic mass is 10.0. The van der Waals surface area contributed by atoms with Gasteiger partial charge < -0.3 is 30.5 Å². The van der Waals surface area contributed by atoms with E-state index in [9.17, 15) is 19.5 Å². The second-order valence-electron chi connectivity index (χ2n) is 10.1. The Balaban J connectivity index is 1.29. The number of amides is 1. The number of carboxylic acids is 2. The maximum absolute atomic E-state index is 12.5. The molecule has 0 fully saturated rings. The van der Waals surface area contributed by atoms with Crippen molar-refractivity contribution in [2.75, 3.05) is 43.0 Å². The van der Waals surface area contributed by atoms with Crippen LogP contribution >= 0.6 is 0 Å². The molecule has 2 aromatic carbocycles. The monoisotopic (exact) mass is 596 g/mol. The van der Waals surface area contributed by atoms with E-state index < -0.39 is 17.8 Å². The van der Waals surface area contributed by atoms with E-state index in [0.717, 1.165) is 25.9 Å². The minimum absolute atomic E-state index is 0.0618. The Morgan fingerprint density at radius 2 is 1.57 bits per heavy atom. The molecule has 0 spiro atoms. The number of rotatable bonds is 12. The summed E-state index contributed by atoms with van der Waals surface area (Å²) in [5, 5.41) is 24.2. The zero-order valence-electron chi connectivity index (χ0n) is 23.9. The second kappa shape index (κ2) is 14.1. The fourth-order valence-electron chi connectivity index (χ4n) is 4.92. The molecule has 1 aliphatic heterocycles. The van der Waals surface area contributed by atoms with Crippen LogP contribution in [-0.2, 0) is 17.6 Å². The maximum Gasteiger partial charge on any atom is 0.336 e. The Morgan fingerprint density at radius 3 is 2.27 bits per heavy atom. The fourth-order valence-corrected chi connectivity index (χ4v) is 4.92. The van der Waals surface area contributed by atoms with E-state index in [0.29, 0.717) is 28.9 Å². The fraction of sp³-hybridized carbons (Fsp3) is 0.250. The number of aromatic carboxylic acids is 1. The van der Waals surface area contributed by atoms with E-state index >= 15 is 0 Å². The summed E-state index contributed by atoms with van der Waals surface area (Å²) in [6.45, 7) is 2.01. The van der Waals surface area contributed by atoms with Crippen LogP contribution < -0.4 is 20.3 Å². The van der Waals surface area contributed by atoms with Gasteiger partial charge in [-0.25, -0.2) is 14.8 Å². The number of benzene rings is 2. The molecular weight excluding hydrogens is 564 g/mol. The average Bonchev–Trinajstić information content (AvgIpc) is 3.26. The summed E-state index contributed by atoms with van der Waals surface area (Å²) in [5.74, 6) is -0.564. The van der Waals surface area contributed by atoms with Crippen molar-refractivity contribution >= 4 is 29.5 Å². The van der Waals surface area contributed by atoms with Crippen LogP contribution in [-0.4, -0.2) is 75.8 Å². The van der Waals surface area contributed by atoms with Gasteiger partial charge in [0.05, 0.1) is 24.1 Å². The van der Waals surface area contributed by atoms with Crippen LogP contribution in [0.4, 0.5) is 11.6 Å². The van der Waals surface area contributed by atoms with Crippen LogP contribution in [0.3, 0.4) is 0 Å². The third kappa shape index (κ3) is 7.65. The third-order valence-electron chi connectivity index (χ3n) is 7.12. The van der Waals surface area contributed by atoms with Gasteiger partial charge in [0.2, 0.25) is 0 Å². The third-order valence-corrected chi connectivity index (χ3v) is 7.12. The van der Waals surface area contributed by atoms with Gasteiger partial charge >= 0.3 is 11.9 Å². The summed E-state index contributed by atoms with van der Waals surface area (Å²) in [7, 11) is 0. The van der Waals surface area contributed by atoms with Gasteiger partial charge in [0.15, 0.2) is 5.82 Å². The molecular formula is C32H32N6O6. The van der Waals surface area contributed by atoms with Gasteiger partial charge in [-0.2, -0.15) is 0 Å². The summed E-state index contributed by atoms with van der Waals surface area (Å²) >= 11 is 0. The highest BCUT2D eigenvalue weighted by Crippen LogP contribution is 2.26. The molecule has 12 nitrogen and oxygen atoms in total. The van der Waals surface area contributed by atoms with Gasteiger partial charge in [-0.05, 0) is 42.2 Å². The Bertz CT molecular complexity index is 1640. The second-order valence-corrected chi connectivity index (χ2v) is 10.1. The summed E-state index contributed by atoms with van der Waals surface area (Å²) in [6.07, 6.45) is 3.25. The number of carbonyl (C=O) groups is 3. The number of aliphatic carboxylic acids is 1. The summed E-state index contributed by atoms with van der Waals surface area (Å²) in [6, 6.07) is 19.6. The molecule has 0 saturated carbocycles. The quantitative estimate of drug-likeness (QED) is 0.177. The topological polar surface area (TPSA) is 167 Å². The number of nitrogens with one attached hydrogen (secondary N) is 2. The predicted molar refractivity (Wildman–Crippen MR) is 163 cm³/mol. The number of anilines is 2. The van der Waals surface area contributed by atoms with Crippen molar-refractivity contribution < 1.29 is 29.3 Å². The lowest BCUT2D eigenvalue weighted by molar-refractivity contribution is -0.136. The van der Waals surface area contributed by atoms with Gasteiger partial charge in [-0.15, -0.1) is 0 Å². The molecule has 4 aromatic rings. The van der Waals surface area contributed by atoms with Gasteiger partial charge in [0.25, 0.3) is 5.91 Å². The first-order chi connectivity index (χ1) is 21.4. The summed E-state index contributed by atoms with van der Waals surface area (Å²) in [5.41, 5.74) is 3.09. The molecule has 4 N–H and O–H groups in total. The minimum Gasteiger partial charge on any atom is -0.492 e. The number of carboxylic acid groups (broad SMARTS) is 2. The number of carbonyl (C=O) groups excluding carboxylic acids is 1. The maximum atomic E-state index is 12.5. The molecule has 3 heterocycles.